The van der Waals surface area contributed by atoms with E-state index in [9.17, 15) is 0 Å². The average Bonchev–Trinajstić information content (AvgIpc) is 3.10. The topological polar surface area (TPSA) is 55.9 Å². The van der Waals surface area contributed by atoms with Crippen molar-refractivity contribution in [2.24, 2.45) is 7.05 Å². The van der Waals surface area contributed by atoms with Gasteiger partial charge in [-0.1, -0.05) is 12.1 Å². The highest BCUT2D eigenvalue weighted by Crippen LogP contribution is 2.21. The van der Waals surface area contributed by atoms with Gasteiger partial charge in [0.25, 0.3) is 0 Å². The number of nitrogens with one attached hydrogen (secondary N) is 1. The van der Waals surface area contributed by atoms with Crippen molar-refractivity contribution in [3.8, 4) is 11.4 Å². The summed E-state index contributed by atoms with van der Waals surface area (Å²) in [7, 11) is 1.94. The molecule has 3 rings (SSSR count). The third-order valence-corrected chi connectivity index (χ3v) is 3.33. The Kier molecular flexibility index (Phi) is 3.73. The van der Waals surface area contributed by atoms with Gasteiger partial charge in [0, 0.05) is 30.8 Å². The summed E-state index contributed by atoms with van der Waals surface area (Å²) in [6.07, 6.45) is 4.26. The summed E-state index contributed by atoms with van der Waals surface area (Å²) in [5.74, 6) is 1.84. The minimum Gasteiger partial charge on any atom is -0.469 e. The second-order valence-electron chi connectivity index (χ2n) is 5.18. The Morgan fingerprint density at radius 3 is 2.90 bits per heavy atom. The zero-order chi connectivity index (χ0) is 14.7. The summed E-state index contributed by atoms with van der Waals surface area (Å²) in [6, 6.07) is 12.4. The van der Waals surface area contributed by atoms with Crippen molar-refractivity contribution in [2.45, 2.75) is 19.4 Å². The van der Waals surface area contributed by atoms with Gasteiger partial charge in [0.05, 0.1) is 6.26 Å². The van der Waals surface area contributed by atoms with E-state index in [0.29, 0.717) is 0 Å². The van der Waals surface area contributed by atoms with Crippen molar-refractivity contribution >= 4 is 5.69 Å². The zero-order valence-electron chi connectivity index (χ0n) is 12.2. The molecule has 0 fully saturated rings. The van der Waals surface area contributed by atoms with Crippen molar-refractivity contribution in [3.05, 3.63) is 54.7 Å². The number of rotatable bonds is 5. The van der Waals surface area contributed by atoms with Crippen molar-refractivity contribution in [3.63, 3.8) is 0 Å². The second kappa shape index (κ2) is 5.83. The van der Waals surface area contributed by atoms with E-state index in [0.717, 1.165) is 29.3 Å². The van der Waals surface area contributed by atoms with E-state index in [1.165, 1.54) is 0 Å². The first-order valence-electron chi connectivity index (χ1n) is 6.96. The molecule has 0 spiro atoms. The molecule has 108 valence electrons. The van der Waals surface area contributed by atoms with Crippen LogP contribution in [0.25, 0.3) is 11.4 Å². The maximum absolute atomic E-state index is 5.38. The normalized spacial score (nSPS) is 12.3. The van der Waals surface area contributed by atoms with Crippen LogP contribution >= 0.6 is 0 Å². The van der Waals surface area contributed by atoms with E-state index >= 15 is 0 Å². The van der Waals surface area contributed by atoms with Gasteiger partial charge in [0.1, 0.15) is 12.1 Å². The molecule has 2 aromatic heterocycles. The van der Waals surface area contributed by atoms with Gasteiger partial charge in [0.2, 0.25) is 0 Å². The van der Waals surface area contributed by atoms with E-state index in [1.54, 1.807) is 12.6 Å². The zero-order valence-corrected chi connectivity index (χ0v) is 12.2. The molecule has 3 aromatic rings. The molecule has 21 heavy (non-hydrogen) atoms. The van der Waals surface area contributed by atoms with Crippen LogP contribution in [0.15, 0.2) is 53.4 Å². The van der Waals surface area contributed by atoms with Gasteiger partial charge in [-0.3, -0.25) is 0 Å². The molecule has 1 atom stereocenters. The quantitative estimate of drug-likeness (QED) is 0.781. The fraction of sp³-hybridized carbons (Fsp3) is 0.250. The predicted octanol–water partition coefficient (Wildman–Crippen LogP) is 3.12. The van der Waals surface area contributed by atoms with E-state index in [4.69, 9.17) is 4.42 Å². The number of aryl methyl sites for hydroxylation is 1. The highest BCUT2D eigenvalue weighted by Gasteiger charge is 2.08. The number of aromatic nitrogens is 3. The van der Waals surface area contributed by atoms with E-state index < -0.39 is 0 Å². The smallest absolute Gasteiger partial charge is 0.163 e. The second-order valence-corrected chi connectivity index (χ2v) is 5.18. The molecule has 5 nitrogen and oxygen atoms in total. The third kappa shape index (κ3) is 3.13. The van der Waals surface area contributed by atoms with Gasteiger partial charge < -0.3 is 14.3 Å². The van der Waals surface area contributed by atoms with Crippen molar-refractivity contribution in [2.75, 3.05) is 5.32 Å². The molecular formula is C16H18N4O. The fourth-order valence-corrected chi connectivity index (χ4v) is 2.36. The molecule has 0 aliphatic carbocycles. The molecule has 0 aliphatic rings. The number of hydrogen-bond acceptors (Lipinski definition) is 4. The van der Waals surface area contributed by atoms with Crippen LogP contribution in [-0.4, -0.2) is 20.8 Å². The first-order valence-corrected chi connectivity index (χ1v) is 6.96. The molecule has 1 unspecified atom stereocenters. The highest BCUT2D eigenvalue weighted by atomic mass is 16.3. The lowest BCUT2D eigenvalue weighted by molar-refractivity contribution is 0.498. The number of benzene rings is 1. The minimum atomic E-state index is 0.283. The number of anilines is 1. The minimum absolute atomic E-state index is 0.283. The molecule has 0 saturated heterocycles. The van der Waals surface area contributed by atoms with Crippen LogP contribution in [0.5, 0.6) is 0 Å². The maximum Gasteiger partial charge on any atom is 0.163 e. The largest absolute Gasteiger partial charge is 0.469 e. The first-order chi connectivity index (χ1) is 10.2. The Morgan fingerprint density at radius 2 is 2.19 bits per heavy atom. The Balaban J connectivity index is 1.73. The van der Waals surface area contributed by atoms with E-state index in [-0.39, 0.29) is 6.04 Å². The van der Waals surface area contributed by atoms with Crippen LogP contribution < -0.4 is 5.32 Å². The Labute approximate surface area is 123 Å². The number of furan rings is 1. The van der Waals surface area contributed by atoms with E-state index in [2.05, 4.69) is 34.6 Å². The fourth-order valence-electron chi connectivity index (χ4n) is 2.36. The Morgan fingerprint density at radius 1 is 1.29 bits per heavy atom. The van der Waals surface area contributed by atoms with Crippen LogP contribution in [0.2, 0.25) is 0 Å². The SMILES string of the molecule is CC(Cc1ccco1)Nc1cccc(-c2nncn2C)c1. The average molecular weight is 282 g/mol. The van der Waals surface area contributed by atoms with Crippen molar-refractivity contribution in [1.82, 2.24) is 14.8 Å². The lowest BCUT2D eigenvalue weighted by Gasteiger charge is -2.14. The first kappa shape index (κ1) is 13.4. The molecule has 0 aliphatic heterocycles. The lowest BCUT2D eigenvalue weighted by Crippen LogP contribution is -2.17. The molecule has 0 saturated carbocycles. The summed E-state index contributed by atoms with van der Waals surface area (Å²) in [5, 5.41) is 11.5. The predicted molar refractivity (Wildman–Crippen MR) is 81.9 cm³/mol. The summed E-state index contributed by atoms with van der Waals surface area (Å²) in [6.45, 7) is 2.14. The molecular weight excluding hydrogens is 264 g/mol. The third-order valence-electron chi connectivity index (χ3n) is 3.33. The molecule has 0 radical (unpaired) electrons. The van der Waals surface area contributed by atoms with Crippen molar-refractivity contribution in [1.29, 1.82) is 0 Å². The van der Waals surface area contributed by atoms with Gasteiger partial charge in [-0.2, -0.15) is 0 Å². The Bertz CT molecular complexity index is 703. The Hall–Kier alpha value is -2.56. The maximum atomic E-state index is 5.38. The molecule has 0 amide bonds. The summed E-state index contributed by atoms with van der Waals surface area (Å²) < 4.78 is 7.29. The van der Waals surface area contributed by atoms with Crippen LogP contribution in [0.3, 0.4) is 0 Å². The summed E-state index contributed by atoms with van der Waals surface area (Å²) in [4.78, 5) is 0. The monoisotopic (exact) mass is 282 g/mol. The van der Waals surface area contributed by atoms with Crippen LogP contribution in [0, 0.1) is 0 Å². The standard InChI is InChI=1S/C16H18N4O/c1-12(9-15-7-4-8-21-15)18-14-6-3-5-13(10-14)16-19-17-11-20(16)2/h3-8,10-12,18H,9H2,1-2H3. The van der Waals surface area contributed by atoms with Gasteiger partial charge in [-0.15, -0.1) is 10.2 Å². The number of nitrogens with zero attached hydrogens (tertiary/aromatic N) is 3. The number of hydrogen-bond donors (Lipinski definition) is 1. The van der Waals surface area contributed by atoms with E-state index in [1.807, 2.05) is 35.9 Å². The molecule has 5 heteroatoms. The van der Waals surface area contributed by atoms with Crippen molar-refractivity contribution < 1.29 is 4.42 Å². The summed E-state index contributed by atoms with van der Waals surface area (Å²) >= 11 is 0. The van der Waals surface area contributed by atoms with Crippen LogP contribution in [-0.2, 0) is 13.5 Å². The van der Waals surface area contributed by atoms with Gasteiger partial charge in [-0.25, -0.2) is 0 Å². The lowest BCUT2D eigenvalue weighted by atomic mass is 10.1. The highest BCUT2D eigenvalue weighted by molar-refractivity contribution is 5.62. The van der Waals surface area contributed by atoms with Gasteiger partial charge in [-0.05, 0) is 31.2 Å². The summed E-state index contributed by atoms with van der Waals surface area (Å²) in [5.41, 5.74) is 2.11. The van der Waals surface area contributed by atoms with Crippen LogP contribution in [0.1, 0.15) is 12.7 Å². The molecule has 2 heterocycles. The molecule has 1 aromatic carbocycles. The van der Waals surface area contributed by atoms with Gasteiger partial charge >= 0.3 is 0 Å². The molecule has 0 bridgehead atoms. The van der Waals surface area contributed by atoms with Gasteiger partial charge in [0.15, 0.2) is 5.82 Å². The molecule has 1 N–H and O–H groups in total. The van der Waals surface area contributed by atoms with Crippen LogP contribution in [0.4, 0.5) is 5.69 Å².